The summed E-state index contributed by atoms with van der Waals surface area (Å²) >= 11 is 0. The van der Waals surface area contributed by atoms with Gasteiger partial charge in [0.2, 0.25) is 0 Å². The summed E-state index contributed by atoms with van der Waals surface area (Å²) < 4.78 is 15.0. The maximum Gasteiger partial charge on any atom is 0.150 e. The van der Waals surface area contributed by atoms with Crippen LogP contribution in [0.5, 0.6) is 0 Å². The molecule has 0 unspecified atom stereocenters. The van der Waals surface area contributed by atoms with Gasteiger partial charge in [0.25, 0.3) is 0 Å². The molecular formula is C14H17FN4. The van der Waals surface area contributed by atoms with Gasteiger partial charge in [-0.2, -0.15) is 0 Å². The average molecular weight is 260 g/mol. The lowest BCUT2D eigenvalue weighted by Crippen LogP contribution is -2.19. The Kier molecular flexibility index (Phi) is 3.29. The van der Waals surface area contributed by atoms with Gasteiger partial charge in [-0.25, -0.2) is 4.39 Å². The lowest BCUT2D eigenvalue weighted by atomic mass is 10.2. The Morgan fingerprint density at radius 3 is 2.79 bits per heavy atom. The van der Waals surface area contributed by atoms with Crippen LogP contribution in [0.2, 0.25) is 0 Å². The molecule has 1 fully saturated rings. The first kappa shape index (κ1) is 12.3. The van der Waals surface area contributed by atoms with Crippen molar-refractivity contribution < 1.29 is 4.39 Å². The highest BCUT2D eigenvalue weighted by molar-refractivity contribution is 5.18. The summed E-state index contributed by atoms with van der Waals surface area (Å²) in [4.78, 5) is 0. The van der Waals surface area contributed by atoms with Crippen LogP contribution in [0, 0.1) is 12.7 Å². The quantitative estimate of drug-likeness (QED) is 0.920. The minimum atomic E-state index is -0.207. The molecular weight excluding hydrogens is 243 g/mol. The Hall–Kier alpha value is -1.75. The van der Waals surface area contributed by atoms with Crippen LogP contribution in [-0.2, 0) is 6.54 Å². The van der Waals surface area contributed by atoms with Crippen LogP contribution in [0.25, 0.3) is 0 Å². The highest BCUT2D eigenvalue weighted by Crippen LogP contribution is 2.22. The molecule has 1 aromatic carbocycles. The van der Waals surface area contributed by atoms with Crippen molar-refractivity contribution >= 4 is 0 Å². The molecule has 0 bridgehead atoms. The van der Waals surface area contributed by atoms with Gasteiger partial charge in [0.1, 0.15) is 11.6 Å². The van der Waals surface area contributed by atoms with Crippen molar-refractivity contribution in [3.63, 3.8) is 0 Å². The molecule has 0 radical (unpaired) electrons. The van der Waals surface area contributed by atoms with Gasteiger partial charge in [-0.15, -0.1) is 10.2 Å². The minimum Gasteiger partial charge on any atom is -0.309 e. The molecule has 1 aliphatic rings. The standard InChI is InChI=1S/C14H17FN4/c1-10-17-18-14(13-3-2-8-16-13)19(10)9-11-4-6-12(15)7-5-11/h4-7,13,16H,2-3,8-9H2,1H3/t13-/m1/s1. The third-order valence-electron chi connectivity index (χ3n) is 3.59. The molecule has 1 aliphatic heterocycles. The van der Waals surface area contributed by atoms with E-state index in [9.17, 15) is 4.39 Å². The summed E-state index contributed by atoms with van der Waals surface area (Å²) in [6.07, 6.45) is 2.27. The number of nitrogens with zero attached hydrogens (tertiary/aromatic N) is 3. The molecule has 0 aliphatic carbocycles. The zero-order valence-electron chi connectivity index (χ0n) is 10.9. The molecule has 19 heavy (non-hydrogen) atoms. The van der Waals surface area contributed by atoms with Crippen LogP contribution in [0.15, 0.2) is 24.3 Å². The van der Waals surface area contributed by atoms with Gasteiger partial charge in [0.15, 0.2) is 5.82 Å². The van der Waals surface area contributed by atoms with Gasteiger partial charge < -0.3 is 9.88 Å². The first-order valence-electron chi connectivity index (χ1n) is 6.61. The molecule has 0 saturated carbocycles. The lowest BCUT2D eigenvalue weighted by Gasteiger charge is -2.13. The number of nitrogens with one attached hydrogen (secondary N) is 1. The fourth-order valence-electron chi connectivity index (χ4n) is 2.53. The van der Waals surface area contributed by atoms with Crippen molar-refractivity contribution in [2.45, 2.75) is 32.4 Å². The SMILES string of the molecule is Cc1nnc([C@H]2CCCN2)n1Cc1ccc(F)cc1. The zero-order chi connectivity index (χ0) is 13.2. The van der Waals surface area contributed by atoms with Crippen molar-refractivity contribution in [3.05, 3.63) is 47.3 Å². The van der Waals surface area contributed by atoms with Crippen LogP contribution in [0.4, 0.5) is 4.39 Å². The summed E-state index contributed by atoms with van der Waals surface area (Å²) in [7, 11) is 0. The van der Waals surface area contributed by atoms with Crippen molar-refractivity contribution in [2.24, 2.45) is 0 Å². The maximum atomic E-state index is 12.9. The van der Waals surface area contributed by atoms with Crippen LogP contribution >= 0.6 is 0 Å². The van der Waals surface area contributed by atoms with Crippen molar-refractivity contribution in [1.82, 2.24) is 20.1 Å². The summed E-state index contributed by atoms with van der Waals surface area (Å²) in [5.74, 6) is 1.68. The van der Waals surface area contributed by atoms with E-state index < -0.39 is 0 Å². The molecule has 0 amide bonds. The van der Waals surface area contributed by atoms with Gasteiger partial charge >= 0.3 is 0 Å². The number of aryl methyl sites for hydroxylation is 1. The van der Waals surface area contributed by atoms with E-state index in [1.165, 1.54) is 18.6 Å². The Morgan fingerprint density at radius 1 is 1.32 bits per heavy atom. The maximum absolute atomic E-state index is 12.9. The molecule has 3 rings (SSSR count). The molecule has 1 atom stereocenters. The molecule has 2 aromatic rings. The highest BCUT2D eigenvalue weighted by Gasteiger charge is 2.22. The van der Waals surface area contributed by atoms with E-state index in [0.29, 0.717) is 12.6 Å². The van der Waals surface area contributed by atoms with Gasteiger partial charge in [-0.05, 0) is 44.0 Å². The average Bonchev–Trinajstić information content (AvgIpc) is 3.03. The van der Waals surface area contributed by atoms with Crippen LogP contribution in [-0.4, -0.2) is 21.3 Å². The van der Waals surface area contributed by atoms with Gasteiger partial charge in [-0.3, -0.25) is 0 Å². The molecule has 0 spiro atoms. The normalized spacial score (nSPS) is 18.9. The number of rotatable bonds is 3. The van der Waals surface area contributed by atoms with E-state index >= 15 is 0 Å². The Morgan fingerprint density at radius 2 is 2.11 bits per heavy atom. The molecule has 5 heteroatoms. The van der Waals surface area contributed by atoms with Crippen molar-refractivity contribution in [1.29, 1.82) is 0 Å². The molecule has 1 saturated heterocycles. The number of hydrogen-bond donors (Lipinski definition) is 1. The van der Waals surface area contributed by atoms with Crippen LogP contribution < -0.4 is 5.32 Å². The summed E-state index contributed by atoms with van der Waals surface area (Å²) in [6, 6.07) is 6.88. The largest absolute Gasteiger partial charge is 0.309 e. The van der Waals surface area contributed by atoms with E-state index in [1.807, 2.05) is 6.92 Å². The second-order valence-corrected chi connectivity index (χ2v) is 4.97. The number of aromatic nitrogens is 3. The van der Waals surface area contributed by atoms with Gasteiger partial charge in [-0.1, -0.05) is 12.1 Å². The molecule has 4 nitrogen and oxygen atoms in total. The van der Waals surface area contributed by atoms with Gasteiger partial charge in [0, 0.05) is 0 Å². The van der Waals surface area contributed by atoms with E-state index in [-0.39, 0.29) is 5.82 Å². The van der Waals surface area contributed by atoms with E-state index in [1.54, 1.807) is 12.1 Å². The fraction of sp³-hybridized carbons (Fsp3) is 0.429. The van der Waals surface area contributed by atoms with Crippen LogP contribution in [0.1, 0.15) is 36.1 Å². The molecule has 2 heterocycles. The third-order valence-corrected chi connectivity index (χ3v) is 3.59. The van der Waals surface area contributed by atoms with E-state index in [4.69, 9.17) is 0 Å². The van der Waals surface area contributed by atoms with E-state index in [2.05, 4.69) is 20.1 Å². The monoisotopic (exact) mass is 260 g/mol. The smallest absolute Gasteiger partial charge is 0.150 e. The first-order valence-corrected chi connectivity index (χ1v) is 6.61. The number of benzene rings is 1. The third kappa shape index (κ3) is 2.51. The molecule has 1 aromatic heterocycles. The molecule has 1 N–H and O–H groups in total. The van der Waals surface area contributed by atoms with E-state index in [0.717, 1.165) is 30.2 Å². The van der Waals surface area contributed by atoms with Gasteiger partial charge in [0.05, 0.1) is 12.6 Å². The lowest BCUT2D eigenvalue weighted by molar-refractivity contribution is 0.559. The second kappa shape index (κ2) is 5.09. The first-order chi connectivity index (χ1) is 9.24. The van der Waals surface area contributed by atoms with Crippen LogP contribution in [0.3, 0.4) is 0 Å². The Balaban J connectivity index is 1.87. The van der Waals surface area contributed by atoms with Crippen molar-refractivity contribution in [3.8, 4) is 0 Å². The highest BCUT2D eigenvalue weighted by atomic mass is 19.1. The Labute approximate surface area is 111 Å². The number of halogens is 1. The zero-order valence-corrected chi connectivity index (χ0v) is 10.9. The topological polar surface area (TPSA) is 42.7 Å². The summed E-state index contributed by atoms with van der Waals surface area (Å²) in [5, 5.41) is 11.9. The predicted molar refractivity (Wildman–Crippen MR) is 70.2 cm³/mol. The second-order valence-electron chi connectivity index (χ2n) is 4.97. The fourth-order valence-corrected chi connectivity index (χ4v) is 2.53. The number of hydrogen-bond acceptors (Lipinski definition) is 3. The van der Waals surface area contributed by atoms with Crippen molar-refractivity contribution in [2.75, 3.05) is 6.54 Å². The summed E-state index contributed by atoms with van der Waals surface area (Å²) in [5.41, 5.74) is 1.06. The molecule has 100 valence electrons. The summed E-state index contributed by atoms with van der Waals surface area (Å²) in [6.45, 7) is 3.68. The minimum absolute atomic E-state index is 0.207. The Bertz CT molecular complexity index is 555. The predicted octanol–water partition coefficient (Wildman–Crippen LogP) is 2.20.